The number of rotatable bonds is 7. The fraction of sp³-hybridized carbons (Fsp3) is 0.211. The minimum atomic E-state index is 0.560. The Morgan fingerprint density at radius 3 is 2.89 bits per heavy atom. The Morgan fingerprint density at radius 1 is 1.22 bits per heavy atom. The van der Waals surface area contributed by atoms with Crippen molar-refractivity contribution >= 4 is 23.1 Å². The fourth-order valence-corrected chi connectivity index (χ4v) is 4.23. The molecule has 0 bridgehead atoms. The van der Waals surface area contributed by atoms with Crippen molar-refractivity contribution in [2.45, 2.75) is 24.4 Å². The molecule has 0 atom stereocenters. The Balaban J connectivity index is 1.66. The maximum atomic E-state index is 5.54. The molecule has 1 aromatic carbocycles. The average molecular weight is 399 g/mol. The van der Waals surface area contributed by atoms with Gasteiger partial charge >= 0.3 is 0 Å². The topological polar surface area (TPSA) is 66.0 Å². The quantitative estimate of drug-likeness (QED) is 0.422. The second-order valence-electron chi connectivity index (χ2n) is 5.85. The highest BCUT2D eigenvalue weighted by Gasteiger charge is 2.17. The number of methoxy groups -OCH3 is 1. The first-order valence-corrected chi connectivity index (χ1v) is 10.2. The van der Waals surface area contributed by atoms with Gasteiger partial charge in [-0.15, -0.1) is 21.5 Å². The van der Waals surface area contributed by atoms with E-state index in [-0.39, 0.29) is 0 Å². The number of aromatic nitrogens is 4. The molecule has 0 unspecified atom stereocenters. The van der Waals surface area contributed by atoms with Crippen molar-refractivity contribution in [2.75, 3.05) is 7.11 Å². The molecule has 0 aliphatic rings. The van der Waals surface area contributed by atoms with Crippen LogP contribution in [0.3, 0.4) is 0 Å². The van der Waals surface area contributed by atoms with Crippen molar-refractivity contribution in [3.63, 3.8) is 0 Å². The molecule has 4 rings (SSSR count). The molecule has 0 aliphatic heterocycles. The van der Waals surface area contributed by atoms with Crippen LogP contribution in [0.15, 0.2) is 57.6 Å². The summed E-state index contributed by atoms with van der Waals surface area (Å²) >= 11 is 3.28. The van der Waals surface area contributed by atoms with E-state index in [2.05, 4.69) is 25.1 Å². The summed E-state index contributed by atoms with van der Waals surface area (Å²) in [5.74, 6) is 3.17. The molecule has 0 aliphatic carbocycles. The number of hydrogen-bond donors (Lipinski definition) is 0. The molecule has 0 spiro atoms. The smallest absolute Gasteiger partial charge is 0.192 e. The first kappa shape index (κ1) is 17.8. The lowest BCUT2D eigenvalue weighted by Gasteiger charge is -2.09. The Kier molecular flexibility index (Phi) is 5.26. The summed E-state index contributed by atoms with van der Waals surface area (Å²) in [6, 6.07) is 11.7. The van der Waals surface area contributed by atoms with Gasteiger partial charge in [-0.3, -0.25) is 4.57 Å². The van der Waals surface area contributed by atoms with E-state index in [0.717, 1.165) is 44.5 Å². The lowest BCUT2D eigenvalue weighted by atomic mass is 10.2. The van der Waals surface area contributed by atoms with Crippen molar-refractivity contribution in [3.05, 3.63) is 64.5 Å². The number of furan rings is 1. The molecule has 0 saturated carbocycles. The summed E-state index contributed by atoms with van der Waals surface area (Å²) < 4.78 is 13.0. The summed E-state index contributed by atoms with van der Waals surface area (Å²) in [7, 11) is 1.66. The Morgan fingerprint density at radius 2 is 2.15 bits per heavy atom. The zero-order valence-electron chi connectivity index (χ0n) is 15.0. The largest absolute Gasteiger partial charge is 0.497 e. The third-order valence-electron chi connectivity index (χ3n) is 3.95. The van der Waals surface area contributed by atoms with Crippen LogP contribution in [0.5, 0.6) is 5.75 Å². The molecule has 0 N–H and O–H groups in total. The lowest BCUT2D eigenvalue weighted by Crippen LogP contribution is -2.03. The van der Waals surface area contributed by atoms with Crippen LogP contribution in [0.1, 0.15) is 16.5 Å². The second kappa shape index (κ2) is 7.98. The monoisotopic (exact) mass is 398 g/mol. The van der Waals surface area contributed by atoms with Crippen LogP contribution in [-0.4, -0.2) is 26.9 Å². The highest BCUT2D eigenvalue weighted by molar-refractivity contribution is 7.98. The molecule has 0 amide bonds. The number of aryl methyl sites for hydroxylation is 1. The zero-order valence-corrected chi connectivity index (χ0v) is 16.6. The van der Waals surface area contributed by atoms with Crippen LogP contribution in [0.2, 0.25) is 0 Å². The van der Waals surface area contributed by atoms with Gasteiger partial charge in [0.2, 0.25) is 0 Å². The molecule has 4 aromatic rings. The number of hydrogen-bond acceptors (Lipinski definition) is 7. The SMILES string of the molecule is COc1cccc(-c2nnc(SCc3csc(C)n3)n2Cc2ccco2)c1. The summed E-state index contributed by atoms with van der Waals surface area (Å²) in [4.78, 5) is 4.52. The average Bonchev–Trinajstić information content (AvgIpc) is 3.43. The third-order valence-corrected chi connectivity index (χ3v) is 5.78. The van der Waals surface area contributed by atoms with E-state index in [1.54, 1.807) is 36.5 Å². The molecule has 3 aromatic heterocycles. The molecular formula is C19H18N4O2S2. The number of thioether (sulfide) groups is 1. The molecular weight excluding hydrogens is 380 g/mol. The number of nitrogens with zero attached hydrogens (tertiary/aromatic N) is 4. The minimum absolute atomic E-state index is 0.560. The third kappa shape index (κ3) is 4.06. The predicted octanol–water partition coefficient (Wildman–Crippen LogP) is 4.65. The van der Waals surface area contributed by atoms with Crippen molar-refractivity contribution in [2.24, 2.45) is 0 Å². The van der Waals surface area contributed by atoms with Gasteiger partial charge in [0, 0.05) is 16.7 Å². The Bertz CT molecular complexity index is 1020. The Labute approximate surface area is 165 Å². The normalized spacial score (nSPS) is 11.0. The summed E-state index contributed by atoms with van der Waals surface area (Å²) in [5.41, 5.74) is 2.00. The van der Waals surface area contributed by atoms with Crippen LogP contribution in [0, 0.1) is 6.92 Å². The summed E-state index contributed by atoms with van der Waals surface area (Å²) in [6.07, 6.45) is 1.68. The standard InChI is InChI=1S/C19H18N4O2S2/c1-13-20-15(11-26-13)12-27-19-22-21-18(14-5-3-6-16(9-14)24-2)23(19)10-17-7-4-8-25-17/h3-9,11H,10,12H2,1-2H3. The van der Waals surface area contributed by atoms with Gasteiger partial charge in [0.25, 0.3) is 0 Å². The molecule has 0 saturated heterocycles. The molecule has 138 valence electrons. The van der Waals surface area contributed by atoms with Crippen LogP contribution in [0.4, 0.5) is 0 Å². The fourth-order valence-electron chi connectivity index (χ4n) is 2.69. The van der Waals surface area contributed by atoms with Gasteiger partial charge < -0.3 is 9.15 Å². The van der Waals surface area contributed by atoms with Crippen LogP contribution in [0.25, 0.3) is 11.4 Å². The Hall–Kier alpha value is -2.58. The molecule has 8 heteroatoms. The molecule has 0 radical (unpaired) electrons. The van der Waals surface area contributed by atoms with Crippen molar-refractivity contribution < 1.29 is 9.15 Å². The number of benzene rings is 1. The lowest BCUT2D eigenvalue weighted by molar-refractivity contribution is 0.415. The van der Waals surface area contributed by atoms with Gasteiger partial charge in [-0.25, -0.2) is 4.98 Å². The van der Waals surface area contributed by atoms with Gasteiger partial charge in [-0.05, 0) is 31.2 Å². The van der Waals surface area contributed by atoms with Crippen LogP contribution < -0.4 is 4.74 Å². The summed E-state index contributed by atoms with van der Waals surface area (Å²) in [6.45, 7) is 2.57. The van der Waals surface area contributed by atoms with E-state index in [0.29, 0.717) is 6.54 Å². The van der Waals surface area contributed by atoms with Gasteiger partial charge in [0.05, 0.1) is 30.6 Å². The minimum Gasteiger partial charge on any atom is -0.497 e. The highest BCUT2D eigenvalue weighted by Crippen LogP contribution is 2.29. The van der Waals surface area contributed by atoms with Crippen molar-refractivity contribution in [3.8, 4) is 17.1 Å². The van der Waals surface area contributed by atoms with E-state index in [4.69, 9.17) is 9.15 Å². The van der Waals surface area contributed by atoms with Crippen LogP contribution in [-0.2, 0) is 12.3 Å². The van der Waals surface area contributed by atoms with E-state index < -0.39 is 0 Å². The molecule has 27 heavy (non-hydrogen) atoms. The maximum Gasteiger partial charge on any atom is 0.192 e. The number of ether oxygens (including phenoxy) is 1. The van der Waals surface area contributed by atoms with E-state index in [9.17, 15) is 0 Å². The highest BCUT2D eigenvalue weighted by atomic mass is 32.2. The predicted molar refractivity (Wildman–Crippen MR) is 106 cm³/mol. The van der Waals surface area contributed by atoms with Gasteiger partial charge in [0.1, 0.15) is 11.5 Å². The van der Waals surface area contributed by atoms with E-state index in [1.807, 2.05) is 43.3 Å². The maximum absolute atomic E-state index is 5.54. The van der Waals surface area contributed by atoms with E-state index in [1.165, 1.54) is 0 Å². The van der Waals surface area contributed by atoms with E-state index >= 15 is 0 Å². The first-order valence-electron chi connectivity index (χ1n) is 8.37. The first-order chi connectivity index (χ1) is 13.2. The van der Waals surface area contributed by atoms with Crippen molar-refractivity contribution in [1.82, 2.24) is 19.7 Å². The molecule has 3 heterocycles. The zero-order chi connectivity index (χ0) is 18.6. The molecule has 6 nitrogen and oxygen atoms in total. The second-order valence-corrected chi connectivity index (χ2v) is 7.85. The van der Waals surface area contributed by atoms with Crippen LogP contribution >= 0.6 is 23.1 Å². The van der Waals surface area contributed by atoms with Gasteiger partial charge in [-0.1, -0.05) is 23.9 Å². The number of thiazole rings is 1. The van der Waals surface area contributed by atoms with Gasteiger partial charge in [-0.2, -0.15) is 0 Å². The van der Waals surface area contributed by atoms with Gasteiger partial charge in [0.15, 0.2) is 11.0 Å². The van der Waals surface area contributed by atoms with Crippen molar-refractivity contribution in [1.29, 1.82) is 0 Å². The summed E-state index contributed by atoms with van der Waals surface area (Å²) in [5, 5.41) is 12.8. The molecule has 0 fully saturated rings.